The monoisotopic (exact) mass is 276 g/mol. The van der Waals surface area contributed by atoms with Gasteiger partial charge in [0.25, 0.3) is 0 Å². The van der Waals surface area contributed by atoms with Gasteiger partial charge in [-0.3, -0.25) is 4.79 Å². The lowest BCUT2D eigenvalue weighted by Crippen LogP contribution is -2.47. The summed E-state index contributed by atoms with van der Waals surface area (Å²) in [7, 11) is 0. The number of nitrogens with one attached hydrogen (secondary N) is 1. The van der Waals surface area contributed by atoms with Gasteiger partial charge in [0, 0.05) is 30.4 Å². The van der Waals surface area contributed by atoms with Gasteiger partial charge in [-0.1, -0.05) is 6.92 Å². The topological polar surface area (TPSA) is 71.2 Å². The van der Waals surface area contributed by atoms with Crippen molar-refractivity contribution < 1.29 is 4.79 Å². The van der Waals surface area contributed by atoms with Crippen molar-refractivity contribution in [3.63, 3.8) is 0 Å². The standard InChI is InChI=1S/C15H24N4O/c1-3-7-19(13-5-4-6-17-10-13)14-9-12(15(16)20)8-11(2)18-14/h8-9,13,17H,3-7,10H2,1-2H3,(H2,16,20). The summed E-state index contributed by atoms with van der Waals surface area (Å²) in [5.41, 5.74) is 6.78. The summed E-state index contributed by atoms with van der Waals surface area (Å²) in [4.78, 5) is 18.3. The minimum absolute atomic E-state index is 0.394. The SMILES string of the molecule is CCCN(c1cc(C(N)=O)cc(C)n1)C1CCCNC1. The second-order valence-electron chi connectivity index (χ2n) is 5.41. The van der Waals surface area contributed by atoms with Crippen molar-refractivity contribution in [3.05, 3.63) is 23.4 Å². The molecule has 3 N–H and O–H groups in total. The first kappa shape index (κ1) is 14.8. The molecule has 0 spiro atoms. The number of nitrogens with two attached hydrogens (primary N) is 1. The molecule has 2 heterocycles. The quantitative estimate of drug-likeness (QED) is 0.854. The van der Waals surface area contributed by atoms with E-state index >= 15 is 0 Å². The lowest BCUT2D eigenvalue weighted by molar-refractivity contribution is 0.1000. The van der Waals surface area contributed by atoms with Gasteiger partial charge in [-0.2, -0.15) is 0 Å². The van der Waals surface area contributed by atoms with Gasteiger partial charge in [-0.25, -0.2) is 4.98 Å². The predicted molar refractivity (Wildman–Crippen MR) is 81.0 cm³/mol. The van der Waals surface area contributed by atoms with E-state index in [-0.39, 0.29) is 0 Å². The number of nitrogens with zero attached hydrogens (tertiary/aromatic N) is 2. The highest BCUT2D eigenvalue weighted by Gasteiger charge is 2.22. The van der Waals surface area contributed by atoms with Crippen LogP contribution in [0.15, 0.2) is 12.1 Å². The summed E-state index contributed by atoms with van der Waals surface area (Å²) in [5, 5.41) is 3.43. The highest BCUT2D eigenvalue weighted by atomic mass is 16.1. The molecule has 1 atom stereocenters. The molecule has 1 aliphatic heterocycles. The second kappa shape index (κ2) is 6.70. The van der Waals surface area contributed by atoms with Crippen LogP contribution in [0, 0.1) is 6.92 Å². The largest absolute Gasteiger partial charge is 0.366 e. The maximum atomic E-state index is 11.4. The fraction of sp³-hybridized carbons (Fsp3) is 0.600. The normalized spacial score (nSPS) is 18.8. The summed E-state index contributed by atoms with van der Waals surface area (Å²) in [5.74, 6) is 0.476. The van der Waals surface area contributed by atoms with Crippen LogP contribution < -0.4 is 16.0 Å². The Balaban J connectivity index is 2.30. The minimum atomic E-state index is -0.394. The van der Waals surface area contributed by atoms with Crippen LogP contribution in [-0.2, 0) is 0 Å². The van der Waals surface area contributed by atoms with Gasteiger partial charge in [0.2, 0.25) is 5.91 Å². The third-order valence-electron chi connectivity index (χ3n) is 3.69. The molecular formula is C15H24N4O. The van der Waals surface area contributed by atoms with Gasteiger partial charge in [0.05, 0.1) is 0 Å². The number of pyridine rings is 1. The van der Waals surface area contributed by atoms with Crippen molar-refractivity contribution >= 4 is 11.7 Å². The number of hydrogen-bond donors (Lipinski definition) is 2. The molecule has 1 unspecified atom stereocenters. The Bertz CT molecular complexity index is 469. The first-order chi connectivity index (χ1) is 9.61. The summed E-state index contributed by atoms with van der Waals surface area (Å²) in [6.45, 7) is 7.07. The number of piperidine rings is 1. The van der Waals surface area contributed by atoms with Gasteiger partial charge < -0.3 is 16.0 Å². The number of aromatic nitrogens is 1. The number of carbonyl (C=O) groups excluding carboxylic acids is 1. The Kier molecular flexibility index (Phi) is 4.95. The summed E-state index contributed by atoms with van der Waals surface area (Å²) < 4.78 is 0. The molecule has 0 radical (unpaired) electrons. The number of anilines is 1. The summed E-state index contributed by atoms with van der Waals surface area (Å²) in [6, 6.07) is 4.01. The molecule has 5 heteroatoms. The van der Waals surface area contributed by atoms with Crippen LogP contribution in [0.2, 0.25) is 0 Å². The third-order valence-corrected chi connectivity index (χ3v) is 3.69. The fourth-order valence-corrected chi connectivity index (χ4v) is 2.76. The number of hydrogen-bond acceptors (Lipinski definition) is 4. The van der Waals surface area contributed by atoms with E-state index in [1.165, 1.54) is 6.42 Å². The van der Waals surface area contributed by atoms with Crippen LogP contribution in [0.5, 0.6) is 0 Å². The van der Waals surface area contributed by atoms with E-state index in [0.717, 1.165) is 44.0 Å². The van der Waals surface area contributed by atoms with Crippen molar-refractivity contribution in [2.24, 2.45) is 5.73 Å². The van der Waals surface area contributed by atoms with E-state index in [4.69, 9.17) is 5.73 Å². The molecule has 0 aliphatic carbocycles. The molecule has 1 aromatic rings. The zero-order valence-electron chi connectivity index (χ0n) is 12.4. The van der Waals surface area contributed by atoms with Crippen LogP contribution in [-0.4, -0.2) is 36.6 Å². The fourth-order valence-electron chi connectivity index (χ4n) is 2.76. The Morgan fingerprint density at radius 3 is 2.95 bits per heavy atom. The zero-order valence-corrected chi connectivity index (χ0v) is 12.4. The van der Waals surface area contributed by atoms with E-state index in [1.54, 1.807) is 6.07 Å². The lowest BCUT2D eigenvalue weighted by atomic mass is 10.0. The van der Waals surface area contributed by atoms with Crippen molar-refractivity contribution in [3.8, 4) is 0 Å². The Morgan fingerprint density at radius 2 is 2.35 bits per heavy atom. The molecule has 2 rings (SSSR count). The molecule has 5 nitrogen and oxygen atoms in total. The smallest absolute Gasteiger partial charge is 0.248 e. The van der Waals surface area contributed by atoms with Gasteiger partial charge in [0.1, 0.15) is 5.82 Å². The minimum Gasteiger partial charge on any atom is -0.366 e. The maximum absolute atomic E-state index is 11.4. The highest BCUT2D eigenvalue weighted by Crippen LogP contribution is 2.21. The van der Waals surface area contributed by atoms with E-state index in [0.29, 0.717) is 11.6 Å². The number of carbonyl (C=O) groups is 1. The van der Waals surface area contributed by atoms with E-state index in [1.807, 2.05) is 13.0 Å². The number of aryl methyl sites for hydroxylation is 1. The highest BCUT2D eigenvalue weighted by molar-refractivity contribution is 5.93. The first-order valence-corrected chi connectivity index (χ1v) is 7.37. The number of primary amides is 1. The van der Waals surface area contributed by atoms with Crippen molar-refractivity contribution in [2.75, 3.05) is 24.5 Å². The molecule has 1 amide bonds. The second-order valence-corrected chi connectivity index (χ2v) is 5.41. The molecule has 110 valence electrons. The van der Waals surface area contributed by atoms with E-state index in [9.17, 15) is 4.79 Å². The van der Waals surface area contributed by atoms with Crippen LogP contribution >= 0.6 is 0 Å². The molecule has 1 saturated heterocycles. The Labute approximate surface area is 120 Å². The van der Waals surface area contributed by atoms with Crippen molar-refractivity contribution in [1.29, 1.82) is 0 Å². The Morgan fingerprint density at radius 1 is 1.55 bits per heavy atom. The van der Waals surface area contributed by atoms with Crippen LogP contribution in [0.25, 0.3) is 0 Å². The predicted octanol–water partition coefficient (Wildman–Crippen LogP) is 1.46. The third kappa shape index (κ3) is 3.48. The van der Waals surface area contributed by atoms with Crippen molar-refractivity contribution in [1.82, 2.24) is 10.3 Å². The van der Waals surface area contributed by atoms with Crippen LogP contribution in [0.3, 0.4) is 0 Å². The summed E-state index contributed by atoms with van der Waals surface area (Å²) in [6.07, 6.45) is 3.39. The molecule has 0 aromatic carbocycles. The molecule has 0 bridgehead atoms. The lowest BCUT2D eigenvalue weighted by Gasteiger charge is -2.35. The van der Waals surface area contributed by atoms with Crippen LogP contribution in [0.1, 0.15) is 42.2 Å². The first-order valence-electron chi connectivity index (χ1n) is 7.37. The molecule has 1 aromatic heterocycles. The van der Waals surface area contributed by atoms with E-state index in [2.05, 4.69) is 22.1 Å². The van der Waals surface area contributed by atoms with E-state index < -0.39 is 5.91 Å². The van der Waals surface area contributed by atoms with Gasteiger partial charge in [-0.15, -0.1) is 0 Å². The Hall–Kier alpha value is -1.62. The van der Waals surface area contributed by atoms with Gasteiger partial charge >= 0.3 is 0 Å². The van der Waals surface area contributed by atoms with Gasteiger partial charge in [0.15, 0.2) is 0 Å². The molecular weight excluding hydrogens is 252 g/mol. The number of amides is 1. The maximum Gasteiger partial charge on any atom is 0.248 e. The summed E-state index contributed by atoms with van der Waals surface area (Å²) >= 11 is 0. The molecule has 20 heavy (non-hydrogen) atoms. The van der Waals surface area contributed by atoms with Crippen molar-refractivity contribution in [2.45, 2.75) is 39.2 Å². The average Bonchev–Trinajstić information content (AvgIpc) is 2.45. The molecule has 0 saturated carbocycles. The average molecular weight is 276 g/mol. The van der Waals surface area contributed by atoms with Crippen LogP contribution in [0.4, 0.5) is 5.82 Å². The zero-order chi connectivity index (χ0) is 14.5. The number of rotatable bonds is 5. The van der Waals surface area contributed by atoms with Gasteiger partial charge in [-0.05, 0) is 44.9 Å². The molecule has 1 fully saturated rings. The molecule has 1 aliphatic rings.